The Morgan fingerprint density at radius 1 is 1.21 bits per heavy atom. The quantitative estimate of drug-likeness (QED) is 0.642. The monoisotopic (exact) mass is 192 g/mol. The molecule has 1 aromatic carbocycles. The number of aliphatic hydroxyl groups is 2. The SMILES string of the molecule is N#Cc1ccc(NC(CO)CO)cc1. The molecule has 0 aliphatic rings. The molecule has 0 aliphatic heterocycles. The zero-order chi connectivity index (χ0) is 10.4. The third-order valence-corrected chi connectivity index (χ3v) is 1.83. The predicted molar refractivity (Wildman–Crippen MR) is 52.7 cm³/mol. The molecule has 0 saturated carbocycles. The van der Waals surface area contributed by atoms with Crippen molar-refractivity contribution in [2.45, 2.75) is 6.04 Å². The van der Waals surface area contributed by atoms with Gasteiger partial charge in [0.05, 0.1) is 30.9 Å². The van der Waals surface area contributed by atoms with Gasteiger partial charge in [-0.25, -0.2) is 0 Å². The van der Waals surface area contributed by atoms with Crippen LogP contribution in [0.2, 0.25) is 0 Å². The molecule has 0 aliphatic carbocycles. The molecule has 0 fully saturated rings. The lowest BCUT2D eigenvalue weighted by atomic mass is 10.2. The first-order chi connectivity index (χ1) is 6.80. The molecule has 0 radical (unpaired) electrons. The molecular weight excluding hydrogens is 180 g/mol. The zero-order valence-electron chi connectivity index (χ0n) is 7.64. The lowest BCUT2D eigenvalue weighted by Gasteiger charge is -2.14. The van der Waals surface area contributed by atoms with Gasteiger partial charge in [-0.15, -0.1) is 0 Å². The van der Waals surface area contributed by atoms with Crippen molar-refractivity contribution in [2.75, 3.05) is 18.5 Å². The van der Waals surface area contributed by atoms with E-state index in [0.717, 1.165) is 5.69 Å². The van der Waals surface area contributed by atoms with Gasteiger partial charge < -0.3 is 15.5 Å². The van der Waals surface area contributed by atoms with E-state index in [0.29, 0.717) is 5.56 Å². The van der Waals surface area contributed by atoms with Gasteiger partial charge in [0.15, 0.2) is 0 Å². The van der Waals surface area contributed by atoms with E-state index in [1.807, 2.05) is 6.07 Å². The third-order valence-electron chi connectivity index (χ3n) is 1.83. The highest BCUT2D eigenvalue weighted by atomic mass is 16.3. The van der Waals surface area contributed by atoms with Crippen molar-refractivity contribution in [3.63, 3.8) is 0 Å². The molecule has 0 aromatic heterocycles. The summed E-state index contributed by atoms with van der Waals surface area (Å²) in [5, 5.41) is 29.1. The first kappa shape index (κ1) is 10.5. The molecule has 3 N–H and O–H groups in total. The average molecular weight is 192 g/mol. The van der Waals surface area contributed by atoms with Crippen LogP contribution in [0.15, 0.2) is 24.3 Å². The maximum atomic E-state index is 8.81. The highest BCUT2D eigenvalue weighted by Gasteiger charge is 2.04. The number of nitrogens with one attached hydrogen (secondary N) is 1. The van der Waals surface area contributed by atoms with Gasteiger partial charge in [-0.05, 0) is 24.3 Å². The summed E-state index contributed by atoms with van der Waals surface area (Å²) in [5.74, 6) is 0. The van der Waals surface area contributed by atoms with Crippen molar-refractivity contribution in [3.05, 3.63) is 29.8 Å². The van der Waals surface area contributed by atoms with Crippen molar-refractivity contribution in [1.29, 1.82) is 5.26 Å². The Balaban J connectivity index is 2.64. The number of rotatable bonds is 4. The van der Waals surface area contributed by atoms with Crippen molar-refractivity contribution in [3.8, 4) is 6.07 Å². The van der Waals surface area contributed by atoms with Crippen LogP contribution in [0.1, 0.15) is 5.56 Å². The molecule has 0 amide bonds. The Morgan fingerprint density at radius 3 is 2.21 bits per heavy atom. The van der Waals surface area contributed by atoms with Crippen LogP contribution in [0, 0.1) is 11.3 Å². The number of aliphatic hydroxyl groups excluding tert-OH is 2. The van der Waals surface area contributed by atoms with Crippen LogP contribution < -0.4 is 5.32 Å². The summed E-state index contributed by atoms with van der Waals surface area (Å²) in [6.07, 6.45) is 0. The van der Waals surface area contributed by atoms with E-state index in [-0.39, 0.29) is 19.3 Å². The number of hydrogen-bond donors (Lipinski definition) is 3. The van der Waals surface area contributed by atoms with E-state index in [1.54, 1.807) is 24.3 Å². The smallest absolute Gasteiger partial charge is 0.0991 e. The van der Waals surface area contributed by atoms with Crippen LogP contribution in [0.25, 0.3) is 0 Å². The normalized spacial score (nSPS) is 9.86. The lowest BCUT2D eigenvalue weighted by molar-refractivity contribution is 0.204. The van der Waals surface area contributed by atoms with Crippen molar-refractivity contribution in [1.82, 2.24) is 0 Å². The largest absolute Gasteiger partial charge is 0.394 e. The average Bonchev–Trinajstić information content (AvgIpc) is 2.26. The molecule has 74 valence electrons. The highest BCUT2D eigenvalue weighted by Crippen LogP contribution is 2.09. The van der Waals surface area contributed by atoms with E-state index in [4.69, 9.17) is 15.5 Å². The van der Waals surface area contributed by atoms with Gasteiger partial charge in [-0.2, -0.15) is 5.26 Å². The van der Waals surface area contributed by atoms with E-state index in [2.05, 4.69) is 5.32 Å². The minimum atomic E-state index is -0.358. The predicted octanol–water partition coefficient (Wildman–Crippen LogP) is 0.323. The molecule has 0 unspecified atom stereocenters. The summed E-state index contributed by atoms with van der Waals surface area (Å²) in [5.41, 5.74) is 1.36. The van der Waals surface area contributed by atoms with Crippen molar-refractivity contribution < 1.29 is 10.2 Å². The Hall–Kier alpha value is -1.57. The first-order valence-corrected chi connectivity index (χ1v) is 4.28. The van der Waals surface area contributed by atoms with E-state index in [9.17, 15) is 0 Å². The van der Waals surface area contributed by atoms with Crippen LogP contribution in [-0.2, 0) is 0 Å². The Morgan fingerprint density at radius 2 is 1.79 bits per heavy atom. The molecule has 1 rings (SSSR count). The van der Waals surface area contributed by atoms with Gasteiger partial charge in [0.2, 0.25) is 0 Å². The van der Waals surface area contributed by atoms with Gasteiger partial charge in [0.1, 0.15) is 0 Å². The standard InChI is InChI=1S/C10H12N2O2/c11-5-8-1-3-9(4-2-8)12-10(6-13)7-14/h1-4,10,12-14H,6-7H2. The molecule has 0 bridgehead atoms. The lowest BCUT2D eigenvalue weighted by Crippen LogP contribution is -2.27. The molecule has 1 aromatic rings. The molecule has 14 heavy (non-hydrogen) atoms. The molecule has 4 nitrogen and oxygen atoms in total. The van der Waals surface area contributed by atoms with Crippen LogP contribution in [-0.4, -0.2) is 29.5 Å². The second-order valence-electron chi connectivity index (χ2n) is 2.90. The second kappa shape index (κ2) is 5.22. The Bertz CT molecular complexity index is 312. The van der Waals surface area contributed by atoms with Crippen molar-refractivity contribution in [2.24, 2.45) is 0 Å². The minimum Gasteiger partial charge on any atom is -0.394 e. The maximum absolute atomic E-state index is 8.81. The van der Waals surface area contributed by atoms with Gasteiger partial charge in [-0.3, -0.25) is 0 Å². The summed E-state index contributed by atoms with van der Waals surface area (Å²) < 4.78 is 0. The van der Waals surface area contributed by atoms with E-state index >= 15 is 0 Å². The second-order valence-corrected chi connectivity index (χ2v) is 2.90. The number of hydrogen-bond acceptors (Lipinski definition) is 4. The van der Waals surface area contributed by atoms with Crippen molar-refractivity contribution >= 4 is 5.69 Å². The van der Waals surface area contributed by atoms with E-state index in [1.165, 1.54) is 0 Å². The summed E-state index contributed by atoms with van der Waals surface area (Å²) in [4.78, 5) is 0. The topological polar surface area (TPSA) is 76.3 Å². The summed E-state index contributed by atoms with van der Waals surface area (Å²) >= 11 is 0. The Labute approximate surface area is 82.4 Å². The molecular formula is C10H12N2O2. The molecule has 0 saturated heterocycles. The maximum Gasteiger partial charge on any atom is 0.0991 e. The Kier molecular flexibility index (Phi) is 3.92. The molecule has 4 heteroatoms. The fraction of sp³-hybridized carbons (Fsp3) is 0.300. The van der Waals surface area contributed by atoms with Gasteiger partial charge >= 0.3 is 0 Å². The molecule has 0 heterocycles. The summed E-state index contributed by atoms with van der Waals surface area (Å²) in [7, 11) is 0. The fourth-order valence-electron chi connectivity index (χ4n) is 1.03. The summed E-state index contributed by atoms with van der Waals surface area (Å²) in [6, 6.07) is 8.47. The number of benzene rings is 1. The molecule has 0 spiro atoms. The van der Waals surface area contributed by atoms with Gasteiger partial charge in [-0.1, -0.05) is 0 Å². The summed E-state index contributed by atoms with van der Waals surface area (Å²) in [6.45, 7) is -0.257. The highest BCUT2D eigenvalue weighted by molar-refractivity contribution is 5.47. The van der Waals surface area contributed by atoms with Crippen LogP contribution >= 0.6 is 0 Å². The van der Waals surface area contributed by atoms with Gasteiger partial charge in [0, 0.05) is 5.69 Å². The number of nitriles is 1. The van der Waals surface area contributed by atoms with Gasteiger partial charge in [0.25, 0.3) is 0 Å². The van der Waals surface area contributed by atoms with E-state index < -0.39 is 0 Å². The third kappa shape index (κ3) is 2.73. The first-order valence-electron chi connectivity index (χ1n) is 4.28. The number of nitrogens with zero attached hydrogens (tertiary/aromatic N) is 1. The molecule has 0 atom stereocenters. The zero-order valence-corrected chi connectivity index (χ0v) is 7.64. The number of anilines is 1. The van der Waals surface area contributed by atoms with Crippen LogP contribution in [0.4, 0.5) is 5.69 Å². The fourth-order valence-corrected chi connectivity index (χ4v) is 1.03. The van der Waals surface area contributed by atoms with Crippen LogP contribution in [0.3, 0.4) is 0 Å². The van der Waals surface area contributed by atoms with Crippen LogP contribution in [0.5, 0.6) is 0 Å². The minimum absolute atomic E-state index is 0.128.